The SMILES string of the molecule is CC(=O)Nc1cccc([N+]#N)c1C.[Cl-]. The highest BCUT2D eigenvalue weighted by Crippen LogP contribution is 2.25. The molecule has 5 heteroatoms. The molecule has 0 aliphatic rings. The number of carbonyl (C=O) groups excluding carboxylic acids is 1. The molecule has 0 radical (unpaired) electrons. The second-order valence-electron chi connectivity index (χ2n) is 2.73. The zero-order chi connectivity index (χ0) is 9.84. The van der Waals surface area contributed by atoms with Crippen LogP contribution >= 0.6 is 0 Å². The Morgan fingerprint density at radius 2 is 2.14 bits per heavy atom. The molecule has 0 fully saturated rings. The minimum Gasteiger partial charge on any atom is -1.00 e. The molecule has 0 saturated carbocycles. The first kappa shape index (κ1) is 12.4. The molecule has 74 valence electrons. The number of benzene rings is 1. The summed E-state index contributed by atoms with van der Waals surface area (Å²) in [5.41, 5.74) is 1.88. The van der Waals surface area contributed by atoms with Gasteiger partial charge in [0.2, 0.25) is 11.3 Å². The van der Waals surface area contributed by atoms with Gasteiger partial charge in [-0.2, -0.15) is 0 Å². The van der Waals surface area contributed by atoms with Crippen molar-refractivity contribution in [2.75, 3.05) is 5.32 Å². The molecule has 0 unspecified atom stereocenters. The van der Waals surface area contributed by atoms with Crippen LogP contribution in [-0.4, -0.2) is 5.91 Å². The topological polar surface area (TPSA) is 57.2 Å². The third-order valence-electron chi connectivity index (χ3n) is 1.72. The van der Waals surface area contributed by atoms with Crippen LogP contribution in [0.5, 0.6) is 0 Å². The van der Waals surface area contributed by atoms with E-state index in [1.807, 2.05) is 0 Å². The van der Waals surface area contributed by atoms with Crippen molar-refractivity contribution < 1.29 is 17.2 Å². The maximum absolute atomic E-state index is 10.8. The number of carbonyl (C=O) groups is 1. The van der Waals surface area contributed by atoms with E-state index in [1.54, 1.807) is 25.1 Å². The van der Waals surface area contributed by atoms with Gasteiger partial charge < -0.3 is 17.7 Å². The van der Waals surface area contributed by atoms with Crippen molar-refractivity contribution in [3.05, 3.63) is 28.7 Å². The lowest BCUT2D eigenvalue weighted by Gasteiger charge is -2.02. The number of hydrogen-bond acceptors (Lipinski definition) is 2. The van der Waals surface area contributed by atoms with Gasteiger partial charge in [0.15, 0.2) is 4.98 Å². The molecule has 0 aliphatic carbocycles. The normalized spacial score (nSPS) is 8.36. The Kier molecular flexibility index (Phi) is 4.60. The Balaban J connectivity index is 0.00000169. The van der Waals surface area contributed by atoms with Crippen molar-refractivity contribution in [1.29, 1.82) is 5.39 Å². The van der Waals surface area contributed by atoms with Crippen LogP contribution in [0.25, 0.3) is 4.98 Å². The number of amides is 1. The molecule has 0 bridgehead atoms. The first-order valence-electron chi connectivity index (χ1n) is 3.87. The van der Waals surface area contributed by atoms with E-state index in [0.717, 1.165) is 5.56 Å². The fourth-order valence-electron chi connectivity index (χ4n) is 1.06. The fraction of sp³-hybridized carbons (Fsp3) is 0.222. The average Bonchev–Trinajstić information content (AvgIpc) is 2.08. The zero-order valence-electron chi connectivity index (χ0n) is 7.91. The summed E-state index contributed by atoms with van der Waals surface area (Å²) in [7, 11) is 0. The first-order chi connectivity index (χ1) is 6.15. The predicted molar refractivity (Wildman–Crippen MR) is 50.2 cm³/mol. The van der Waals surface area contributed by atoms with E-state index < -0.39 is 0 Å². The van der Waals surface area contributed by atoms with Crippen molar-refractivity contribution in [2.24, 2.45) is 0 Å². The van der Waals surface area contributed by atoms with E-state index in [-0.39, 0.29) is 18.3 Å². The number of rotatable bonds is 1. The smallest absolute Gasteiger partial charge is 0.389 e. The van der Waals surface area contributed by atoms with Gasteiger partial charge in [-0.05, 0) is 13.0 Å². The zero-order valence-corrected chi connectivity index (χ0v) is 8.67. The second kappa shape index (κ2) is 5.20. The van der Waals surface area contributed by atoms with Crippen molar-refractivity contribution in [2.45, 2.75) is 13.8 Å². The lowest BCUT2D eigenvalue weighted by Crippen LogP contribution is -3.00. The Hall–Kier alpha value is -1.60. The third kappa shape index (κ3) is 2.71. The Morgan fingerprint density at radius 3 is 2.64 bits per heavy atom. The molecule has 4 nitrogen and oxygen atoms in total. The molecular weight excluding hydrogens is 202 g/mol. The maximum atomic E-state index is 10.8. The molecule has 1 N–H and O–H groups in total. The average molecular weight is 212 g/mol. The highest BCUT2D eigenvalue weighted by atomic mass is 35.5. The van der Waals surface area contributed by atoms with Gasteiger partial charge >= 0.3 is 5.69 Å². The highest BCUT2D eigenvalue weighted by molar-refractivity contribution is 5.90. The predicted octanol–water partition coefficient (Wildman–Crippen LogP) is -0.558. The molecular formula is C9H10ClN3O. The molecule has 0 aliphatic heterocycles. The minimum atomic E-state index is -0.141. The van der Waals surface area contributed by atoms with Gasteiger partial charge in [0, 0.05) is 13.0 Å². The first-order valence-corrected chi connectivity index (χ1v) is 3.87. The summed E-state index contributed by atoms with van der Waals surface area (Å²) in [5.74, 6) is -0.141. The third-order valence-corrected chi connectivity index (χ3v) is 1.72. The van der Waals surface area contributed by atoms with Crippen molar-refractivity contribution >= 4 is 17.3 Å². The summed E-state index contributed by atoms with van der Waals surface area (Å²) in [4.78, 5) is 13.8. The van der Waals surface area contributed by atoms with Gasteiger partial charge in [-0.1, -0.05) is 6.07 Å². The standard InChI is InChI=1S/C9H9N3O.ClH/c1-6-8(11-7(2)13)4-3-5-9(6)12-10;/h3-5H,1-2H3;1H. The summed E-state index contributed by atoms with van der Waals surface area (Å²) in [6, 6.07) is 5.14. The van der Waals surface area contributed by atoms with Crippen LogP contribution in [0.15, 0.2) is 18.2 Å². The van der Waals surface area contributed by atoms with E-state index in [1.165, 1.54) is 6.92 Å². The molecule has 0 heterocycles. The second-order valence-corrected chi connectivity index (χ2v) is 2.73. The van der Waals surface area contributed by atoms with Gasteiger partial charge in [0.1, 0.15) is 0 Å². The number of anilines is 1. The Bertz CT molecular complexity index is 384. The van der Waals surface area contributed by atoms with E-state index in [0.29, 0.717) is 11.4 Å². The van der Waals surface area contributed by atoms with E-state index in [9.17, 15) is 4.79 Å². The molecule has 0 aromatic heterocycles. The molecule has 14 heavy (non-hydrogen) atoms. The van der Waals surface area contributed by atoms with Crippen LogP contribution in [0.2, 0.25) is 0 Å². The van der Waals surface area contributed by atoms with Crippen LogP contribution in [0.1, 0.15) is 12.5 Å². The van der Waals surface area contributed by atoms with Crippen LogP contribution < -0.4 is 17.7 Å². The van der Waals surface area contributed by atoms with Crippen molar-refractivity contribution in [1.82, 2.24) is 0 Å². The Labute approximate surface area is 88.4 Å². The monoisotopic (exact) mass is 211 g/mol. The van der Waals surface area contributed by atoms with Gasteiger partial charge in [-0.3, -0.25) is 4.79 Å². The molecule has 0 atom stereocenters. The van der Waals surface area contributed by atoms with Gasteiger partial charge in [0.25, 0.3) is 0 Å². The lowest BCUT2D eigenvalue weighted by atomic mass is 10.1. The largest absolute Gasteiger partial charge is 1.00 e. The molecule has 1 aromatic rings. The quantitative estimate of drug-likeness (QED) is 0.634. The van der Waals surface area contributed by atoms with Gasteiger partial charge in [-0.15, -0.1) is 0 Å². The Morgan fingerprint density at radius 1 is 1.50 bits per heavy atom. The summed E-state index contributed by atoms with van der Waals surface area (Å²) in [6.45, 7) is 3.21. The fourth-order valence-corrected chi connectivity index (χ4v) is 1.06. The molecule has 1 rings (SSSR count). The molecule has 1 aromatic carbocycles. The molecule has 1 amide bonds. The van der Waals surface area contributed by atoms with Crippen molar-refractivity contribution in [3.8, 4) is 0 Å². The number of diazo groups is 1. The van der Waals surface area contributed by atoms with Crippen LogP contribution in [0, 0.1) is 12.3 Å². The van der Waals surface area contributed by atoms with Crippen molar-refractivity contribution in [3.63, 3.8) is 0 Å². The lowest BCUT2D eigenvalue weighted by molar-refractivity contribution is -0.114. The van der Waals surface area contributed by atoms with Gasteiger partial charge in [0.05, 0.1) is 11.3 Å². The van der Waals surface area contributed by atoms with Crippen LogP contribution in [-0.2, 0) is 4.79 Å². The van der Waals surface area contributed by atoms with Crippen LogP contribution in [0.3, 0.4) is 0 Å². The minimum absolute atomic E-state index is 0. The summed E-state index contributed by atoms with van der Waals surface area (Å²) in [6.07, 6.45) is 0. The van der Waals surface area contributed by atoms with E-state index >= 15 is 0 Å². The summed E-state index contributed by atoms with van der Waals surface area (Å²) < 4.78 is 0. The number of nitrogens with one attached hydrogen (secondary N) is 1. The number of nitrogens with zero attached hydrogens (tertiary/aromatic N) is 2. The van der Waals surface area contributed by atoms with E-state index in [2.05, 4.69) is 10.3 Å². The summed E-state index contributed by atoms with van der Waals surface area (Å²) in [5, 5.41) is 11.2. The molecule has 0 spiro atoms. The van der Waals surface area contributed by atoms with Crippen LogP contribution in [0.4, 0.5) is 11.4 Å². The summed E-state index contributed by atoms with van der Waals surface area (Å²) >= 11 is 0. The van der Waals surface area contributed by atoms with E-state index in [4.69, 9.17) is 5.39 Å². The maximum Gasteiger partial charge on any atom is 0.389 e. The highest BCUT2D eigenvalue weighted by Gasteiger charge is 2.12. The number of hydrogen-bond donors (Lipinski definition) is 1. The van der Waals surface area contributed by atoms with Gasteiger partial charge in [-0.25, -0.2) is 0 Å². The number of halogens is 1. The molecule has 0 saturated heterocycles.